The molecule has 4 rings (SSSR count). The van der Waals surface area contributed by atoms with Gasteiger partial charge in [0, 0.05) is 31.5 Å². The van der Waals surface area contributed by atoms with Crippen LogP contribution in [0, 0.1) is 5.41 Å². The molecule has 0 aromatic carbocycles. The van der Waals surface area contributed by atoms with E-state index in [1.54, 1.807) is 11.3 Å². The second-order valence-corrected chi connectivity index (χ2v) is 8.58. The molecule has 1 saturated heterocycles. The molecule has 2 atom stereocenters. The fraction of sp³-hybridized carbons (Fsp3) is 0.737. The quantitative estimate of drug-likeness (QED) is 0.856. The highest BCUT2D eigenvalue weighted by molar-refractivity contribution is 7.12. The molecule has 5 nitrogen and oxygen atoms in total. The number of nitrogens with zero attached hydrogens (tertiary/aromatic N) is 1. The first kappa shape index (κ1) is 17.5. The van der Waals surface area contributed by atoms with Gasteiger partial charge in [0.2, 0.25) is 0 Å². The van der Waals surface area contributed by atoms with Crippen LogP contribution in [0.3, 0.4) is 0 Å². The van der Waals surface area contributed by atoms with Gasteiger partial charge in [-0.1, -0.05) is 0 Å². The van der Waals surface area contributed by atoms with Crippen molar-refractivity contribution < 1.29 is 14.6 Å². The Morgan fingerprint density at radius 1 is 1.36 bits per heavy atom. The zero-order valence-corrected chi connectivity index (χ0v) is 15.5. The number of hydrogen-bond acceptors (Lipinski definition) is 5. The number of carbonyl (C=O) groups excluding carboxylic acids is 1. The lowest BCUT2D eigenvalue weighted by Crippen LogP contribution is -2.62. The van der Waals surface area contributed by atoms with E-state index < -0.39 is 0 Å². The van der Waals surface area contributed by atoms with Crippen LogP contribution in [-0.2, 0) is 17.6 Å². The molecule has 2 heterocycles. The topological polar surface area (TPSA) is 75.8 Å². The maximum absolute atomic E-state index is 13.0. The summed E-state index contributed by atoms with van der Waals surface area (Å²) < 4.78 is 5.85. The Labute approximate surface area is 153 Å². The molecule has 0 bridgehead atoms. The summed E-state index contributed by atoms with van der Waals surface area (Å²) in [6.45, 7) is 2.48. The standard InChI is InChI=1S/C19H28N2O3S/c20-7-10-24-16-11-15(22)19(16)5-8-21(9-6-19)18(23)17-14-4-2-1-3-13(14)12-25-17/h12,15-16,22H,1-11,20H2. The van der Waals surface area contributed by atoms with Gasteiger partial charge in [0.05, 0.1) is 23.7 Å². The zero-order chi connectivity index (χ0) is 17.4. The van der Waals surface area contributed by atoms with Gasteiger partial charge in [-0.05, 0) is 55.0 Å². The maximum Gasteiger partial charge on any atom is 0.264 e. The molecule has 2 aliphatic carbocycles. The van der Waals surface area contributed by atoms with E-state index in [0.717, 1.165) is 30.6 Å². The lowest BCUT2D eigenvalue weighted by atomic mass is 9.58. The number of nitrogens with two attached hydrogens (primary N) is 1. The molecule has 1 amide bonds. The van der Waals surface area contributed by atoms with Gasteiger partial charge in [-0.2, -0.15) is 0 Å². The summed E-state index contributed by atoms with van der Waals surface area (Å²) in [5.41, 5.74) is 8.06. The first-order valence-electron chi connectivity index (χ1n) is 9.54. The van der Waals surface area contributed by atoms with Gasteiger partial charge in [0.1, 0.15) is 0 Å². The van der Waals surface area contributed by atoms with E-state index in [0.29, 0.717) is 32.7 Å². The number of aliphatic hydroxyl groups is 1. The number of aryl methyl sites for hydroxylation is 1. The molecule has 3 N–H and O–H groups in total. The molecule has 2 fully saturated rings. The normalized spacial score (nSPS) is 27.8. The highest BCUT2D eigenvalue weighted by Crippen LogP contribution is 2.51. The van der Waals surface area contributed by atoms with Crippen LogP contribution in [0.5, 0.6) is 0 Å². The van der Waals surface area contributed by atoms with E-state index in [-0.39, 0.29) is 23.5 Å². The SMILES string of the molecule is NCCOC1CC(O)C12CCN(C(=O)c1scc3c1CCCC3)CC2. The third kappa shape index (κ3) is 2.93. The number of aliphatic hydroxyl groups excluding tert-OH is 1. The van der Waals surface area contributed by atoms with Crippen molar-refractivity contribution in [3.63, 3.8) is 0 Å². The van der Waals surface area contributed by atoms with E-state index in [2.05, 4.69) is 5.38 Å². The van der Waals surface area contributed by atoms with Crippen molar-refractivity contribution in [3.8, 4) is 0 Å². The van der Waals surface area contributed by atoms with Gasteiger partial charge in [-0.3, -0.25) is 4.79 Å². The van der Waals surface area contributed by atoms with Crippen LogP contribution in [0.2, 0.25) is 0 Å². The van der Waals surface area contributed by atoms with Crippen LogP contribution in [0.4, 0.5) is 0 Å². The smallest absolute Gasteiger partial charge is 0.264 e. The van der Waals surface area contributed by atoms with E-state index in [4.69, 9.17) is 10.5 Å². The summed E-state index contributed by atoms with van der Waals surface area (Å²) >= 11 is 1.62. The van der Waals surface area contributed by atoms with Crippen LogP contribution in [0.1, 0.15) is 52.9 Å². The molecule has 6 heteroatoms. The summed E-state index contributed by atoms with van der Waals surface area (Å²) in [5.74, 6) is 0.191. The first-order valence-corrected chi connectivity index (χ1v) is 10.4. The van der Waals surface area contributed by atoms with E-state index in [9.17, 15) is 9.90 Å². The zero-order valence-electron chi connectivity index (χ0n) is 14.7. The molecule has 1 saturated carbocycles. The van der Waals surface area contributed by atoms with Gasteiger partial charge < -0.3 is 20.5 Å². The average Bonchev–Trinajstić information content (AvgIpc) is 3.08. The Kier molecular flexibility index (Phi) is 4.88. The Balaban J connectivity index is 1.42. The van der Waals surface area contributed by atoms with Crippen molar-refractivity contribution in [2.45, 2.75) is 57.2 Å². The number of thiophene rings is 1. The lowest BCUT2D eigenvalue weighted by Gasteiger charge is -2.56. The van der Waals surface area contributed by atoms with Crippen LogP contribution in [0.25, 0.3) is 0 Å². The molecule has 1 aromatic heterocycles. The van der Waals surface area contributed by atoms with Gasteiger partial charge >= 0.3 is 0 Å². The second kappa shape index (κ2) is 6.99. The molecule has 25 heavy (non-hydrogen) atoms. The van der Waals surface area contributed by atoms with E-state index in [1.165, 1.54) is 24.0 Å². The number of carbonyl (C=O) groups is 1. The summed E-state index contributed by atoms with van der Waals surface area (Å²) in [6, 6.07) is 0. The van der Waals surface area contributed by atoms with Crippen LogP contribution in [0.15, 0.2) is 5.38 Å². The number of piperidine rings is 1. The highest BCUT2D eigenvalue weighted by Gasteiger charge is 2.56. The highest BCUT2D eigenvalue weighted by atomic mass is 32.1. The molecule has 138 valence electrons. The number of fused-ring (bicyclic) bond motifs is 1. The predicted molar refractivity (Wildman–Crippen MR) is 97.9 cm³/mol. The van der Waals surface area contributed by atoms with Crippen molar-refractivity contribution in [2.24, 2.45) is 11.1 Å². The van der Waals surface area contributed by atoms with Crippen LogP contribution >= 0.6 is 11.3 Å². The van der Waals surface area contributed by atoms with Gasteiger partial charge in [-0.15, -0.1) is 11.3 Å². The molecule has 0 radical (unpaired) electrons. The molecule has 1 aliphatic heterocycles. The molecular formula is C19H28N2O3S. The third-order valence-electron chi connectivity index (χ3n) is 6.46. The number of hydrogen-bond donors (Lipinski definition) is 2. The summed E-state index contributed by atoms with van der Waals surface area (Å²) in [7, 11) is 0. The summed E-state index contributed by atoms with van der Waals surface area (Å²) in [6.07, 6.45) is 6.74. The number of rotatable bonds is 4. The fourth-order valence-corrected chi connectivity index (χ4v) is 5.92. The molecular weight excluding hydrogens is 336 g/mol. The number of likely N-dealkylation sites (tertiary alicyclic amines) is 1. The lowest BCUT2D eigenvalue weighted by molar-refractivity contribution is -0.207. The Hall–Kier alpha value is -0.950. The average molecular weight is 365 g/mol. The predicted octanol–water partition coefficient (Wildman–Crippen LogP) is 1.96. The Bertz CT molecular complexity index is 637. The van der Waals surface area contributed by atoms with Gasteiger partial charge in [0.15, 0.2) is 0 Å². The third-order valence-corrected chi connectivity index (χ3v) is 7.52. The van der Waals surface area contributed by atoms with Crippen LogP contribution < -0.4 is 5.73 Å². The summed E-state index contributed by atoms with van der Waals surface area (Å²) in [4.78, 5) is 15.9. The molecule has 1 spiro atoms. The first-order chi connectivity index (χ1) is 12.2. The fourth-order valence-electron chi connectivity index (χ4n) is 4.79. The Morgan fingerprint density at radius 3 is 2.84 bits per heavy atom. The number of ether oxygens (including phenoxy) is 1. The van der Waals surface area contributed by atoms with Crippen LogP contribution in [-0.4, -0.2) is 54.4 Å². The minimum absolute atomic E-state index is 0.0952. The second-order valence-electron chi connectivity index (χ2n) is 7.70. The largest absolute Gasteiger partial charge is 0.392 e. The maximum atomic E-state index is 13.0. The van der Waals surface area contributed by atoms with Crippen molar-refractivity contribution in [3.05, 3.63) is 21.4 Å². The van der Waals surface area contributed by atoms with Gasteiger partial charge in [-0.25, -0.2) is 0 Å². The van der Waals surface area contributed by atoms with E-state index >= 15 is 0 Å². The van der Waals surface area contributed by atoms with Gasteiger partial charge in [0.25, 0.3) is 5.91 Å². The summed E-state index contributed by atoms with van der Waals surface area (Å²) in [5, 5.41) is 12.5. The monoisotopic (exact) mass is 364 g/mol. The van der Waals surface area contributed by atoms with E-state index in [1.807, 2.05) is 4.90 Å². The van der Waals surface area contributed by atoms with Crippen molar-refractivity contribution >= 4 is 17.2 Å². The minimum Gasteiger partial charge on any atom is -0.392 e. The molecule has 1 aromatic rings. The van der Waals surface area contributed by atoms with Crippen molar-refractivity contribution in [2.75, 3.05) is 26.2 Å². The van der Waals surface area contributed by atoms with Crippen molar-refractivity contribution in [1.82, 2.24) is 4.90 Å². The molecule has 3 aliphatic rings. The number of amides is 1. The Morgan fingerprint density at radius 2 is 2.12 bits per heavy atom. The van der Waals surface area contributed by atoms with Crippen molar-refractivity contribution in [1.29, 1.82) is 0 Å². The molecule has 2 unspecified atom stereocenters. The minimum atomic E-state index is -0.304.